The zero-order chi connectivity index (χ0) is 7.56. The minimum atomic E-state index is 0.0390. The highest BCUT2D eigenvalue weighted by Crippen LogP contribution is 2.19. The lowest BCUT2D eigenvalue weighted by Gasteiger charge is -2.19. The molecule has 1 saturated heterocycles. The number of hydrogen-bond donors (Lipinski definition) is 1. The summed E-state index contributed by atoms with van der Waals surface area (Å²) in [6.45, 7) is 0.167. The molecule has 1 N–H and O–H groups in total. The molecule has 1 aliphatic rings. The van der Waals surface area contributed by atoms with Crippen LogP contribution in [0.4, 0.5) is 0 Å². The monoisotopic (exact) mass is 143 g/mol. The summed E-state index contributed by atoms with van der Waals surface area (Å²) < 4.78 is 0. The van der Waals surface area contributed by atoms with Crippen LogP contribution in [-0.4, -0.2) is 42.0 Å². The van der Waals surface area contributed by atoms with E-state index < -0.39 is 0 Å². The maximum atomic E-state index is 10.4. The van der Waals surface area contributed by atoms with Gasteiger partial charge >= 0.3 is 0 Å². The molecule has 0 aliphatic carbocycles. The molecule has 1 aliphatic heterocycles. The highest BCUT2D eigenvalue weighted by molar-refractivity contribution is 5.58. The minimum Gasteiger partial charge on any atom is -0.395 e. The van der Waals surface area contributed by atoms with Crippen molar-refractivity contribution in [2.24, 2.45) is 0 Å². The fourth-order valence-electron chi connectivity index (χ4n) is 1.43. The lowest BCUT2D eigenvalue weighted by Crippen LogP contribution is -2.35. The molecule has 58 valence electrons. The van der Waals surface area contributed by atoms with Gasteiger partial charge in [0.15, 0.2) is 0 Å². The number of aldehydes is 1. The fraction of sp³-hybridized carbons (Fsp3) is 0.857. The lowest BCUT2D eigenvalue weighted by atomic mass is 10.2. The van der Waals surface area contributed by atoms with Crippen molar-refractivity contribution in [2.75, 3.05) is 13.7 Å². The molecule has 0 aromatic heterocycles. The van der Waals surface area contributed by atoms with Gasteiger partial charge in [0, 0.05) is 6.04 Å². The van der Waals surface area contributed by atoms with Crippen LogP contribution in [0.25, 0.3) is 0 Å². The first-order valence-corrected chi connectivity index (χ1v) is 3.57. The molecular formula is C7H13NO2. The molecule has 1 rings (SSSR count). The SMILES string of the molecule is CN1C(C=O)CC[C@@H]1CO. The van der Waals surface area contributed by atoms with Crippen molar-refractivity contribution in [2.45, 2.75) is 24.9 Å². The molecular weight excluding hydrogens is 130 g/mol. The second-order valence-electron chi connectivity index (χ2n) is 2.78. The van der Waals surface area contributed by atoms with Crippen LogP contribution < -0.4 is 0 Å². The van der Waals surface area contributed by atoms with E-state index in [0.717, 1.165) is 19.1 Å². The van der Waals surface area contributed by atoms with Gasteiger partial charge in [0.2, 0.25) is 0 Å². The van der Waals surface area contributed by atoms with Crippen LogP contribution in [-0.2, 0) is 4.79 Å². The third-order valence-electron chi connectivity index (χ3n) is 2.26. The Kier molecular flexibility index (Phi) is 2.40. The number of nitrogens with zero attached hydrogens (tertiary/aromatic N) is 1. The summed E-state index contributed by atoms with van der Waals surface area (Å²) in [5, 5.41) is 8.79. The summed E-state index contributed by atoms with van der Waals surface area (Å²) in [4.78, 5) is 12.3. The number of hydrogen-bond acceptors (Lipinski definition) is 3. The molecule has 0 spiro atoms. The Labute approximate surface area is 60.6 Å². The Hall–Kier alpha value is -0.410. The predicted molar refractivity (Wildman–Crippen MR) is 37.7 cm³/mol. The van der Waals surface area contributed by atoms with Gasteiger partial charge in [-0.1, -0.05) is 0 Å². The van der Waals surface area contributed by atoms with Gasteiger partial charge in [-0.25, -0.2) is 0 Å². The van der Waals surface area contributed by atoms with Crippen LogP contribution in [0.2, 0.25) is 0 Å². The number of carbonyl (C=O) groups excluding carboxylic acids is 1. The Morgan fingerprint density at radius 2 is 2.40 bits per heavy atom. The maximum absolute atomic E-state index is 10.4. The molecule has 10 heavy (non-hydrogen) atoms. The number of likely N-dealkylation sites (tertiary alicyclic amines) is 1. The Balaban J connectivity index is 2.48. The quantitative estimate of drug-likeness (QED) is 0.537. The van der Waals surface area contributed by atoms with E-state index in [2.05, 4.69) is 0 Å². The molecule has 1 fully saturated rings. The second-order valence-corrected chi connectivity index (χ2v) is 2.78. The molecule has 3 nitrogen and oxygen atoms in total. The van der Waals surface area contributed by atoms with Crippen LogP contribution in [0.1, 0.15) is 12.8 Å². The summed E-state index contributed by atoms with van der Waals surface area (Å²) in [6.07, 6.45) is 2.79. The molecule has 2 atom stereocenters. The zero-order valence-corrected chi connectivity index (χ0v) is 6.16. The van der Waals surface area contributed by atoms with Gasteiger partial charge in [-0.3, -0.25) is 4.90 Å². The summed E-state index contributed by atoms with van der Waals surface area (Å²) in [6, 6.07) is 0.243. The van der Waals surface area contributed by atoms with E-state index in [1.165, 1.54) is 0 Å². The van der Waals surface area contributed by atoms with Gasteiger partial charge in [0.1, 0.15) is 6.29 Å². The van der Waals surface area contributed by atoms with E-state index in [1.807, 2.05) is 11.9 Å². The Morgan fingerprint density at radius 1 is 1.70 bits per heavy atom. The maximum Gasteiger partial charge on any atom is 0.137 e. The molecule has 1 heterocycles. The topological polar surface area (TPSA) is 40.5 Å². The molecule has 0 saturated carbocycles. The van der Waals surface area contributed by atoms with Crippen molar-refractivity contribution in [3.63, 3.8) is 0 Å². The largest absolute Gasteiger partial charge is 0.395 e. The van der Waals surface area contributed by atoms with Crippen molar-refractivity contribution in [1.29, 1.82) is 0 Å². The summed E-state index contributed by atoms with van der Waals surface area (Å²) in [5.74, 6) is 0. The molecule has 3 heteroatoms. The molecule has 0 aromatic rings. The van der Waals surface area contributed by atoms with Crippen LogP contribution in [0, 0.1) is 0 Å². The molecule has 0 aromatic carbocycles. The average Bonchev–Trinajstić information content (AvgIpc) is 2.30. The third kappa shape index (κ3) is 1.20. The van der Waals surface area contributed by atoms with E-state index in [1.54, 1.807) is 0 Å². The van der Waals surface area contributed by atoms with Crippen molar-refractivity contribution in [3.05, 3.63) is 0 Å². The summed E-state index contributed by atoms with van der Waals surface area (Å²) >= 11 is 0. The van der Waals surface area contributed by atoms with Crippen LogP contribution >= 0.6 is 0 Å². The number of carbonyl (C=O) groups is 1. The number of likely N-dealkylation sites (N-methyl/N-ethyl adjacent to an activating group) is 1. The second kappa shape index (κ2) is 3.12. The lowest BCUT2D eigenvalue weighted by molar-refractivity contribution is -0.111. The first-order valence-electron chi connectivity index (χ1n) is 3.57. The normalized spacial score (nSPS) is 34.6. The number of aliphatic hydroxyl groups is 1. The first-order chi connectivity index (χ1) is 4.79. The van der Waals surface area contributed by atoms with Gasteiger partial charge < -0.3 is 9.90 Å². The Bertz CT molecular complexity index is 127. The van der Waals surface area contributed by atoms with Gasteiger partial charge in [-0.15, -0.1) is 0 Å². The third-order valence-corrected chi connectivity index (χ3v) is 2.26. The molecule has 1 unspecified atom stereocenters. The van der Waals surface area contributed by atoms with Gasteiger partial charge in [-0.2, -0.15) is 0 Å². The fourth-order valence-corrected chi connectivity index (χ4v) is 1.43. The Morgan fingerprint density at radius 3 is 2.70 bits per heavy atom. The molecule has 0 bridgehead atoms. The van der Waals surface area contributed by atoms with Crippen molar-refractivity contribution in [3.8, 4) is 0 Å². The van der Waals surface area contributed by atoms with Gasteiger partial charge in [0.25, 0.3) is 0 Å². The van der Waals surface area contributed by atoms with Crippen molar-refractivity contribution >= 4 is 6.29 Å². The highest BCUT2D eigenvalue weighted by atomic mass is 16.3. The highest BCUT2D eigenvalue weighted by Gasteiger charge is 2.28. The van der Waals surface area contributed by atoms with Crippen molar-refractivity contribution in [1.82, 2.24) is 4.90 Å². The number of rotatable bonds is 2. The van der Waals surface area contributed by atoms with E-state index >= 15 is 0 Å². The van der Waals surface area contributed by atoms with Crippen molar-refractivity contribution < 1.29 is 9.90 Å². The van der Waals surface area contributed by atoms with E-state index in [-0.39, 0.29) is 18.7 Å². The smallest absolute Gasteiger partial charge is 0.137 e. The molecule has 0 radical (unpaired) electrons. The predicted octanol–water partition coefficient (Wildman–Crippen LogP) is -0.360. The number of aliphatic hydroxyl groups excluding tert-OH is 1. The zero-order valence-electron chi connectivity index (χ0n) is 6.16. The van der Waals surface area contributed by atoms with E-state index in [0.29, 0.717) is 0 Å². The summed E-state index contributed by atoms with van der Waals surface area (Å²) in [5.41, 5.74) is 0. The van der Waals surface area contributed by atoms with Crippen LogP contribution in [0.15, 0.2) is 0 Å². The van der Waals surface area contributed by atoms with Gasteiger partial charge in [0.05, 0.1) is 12.6 Å². The average molecular weight is 143 g/mol. The first kappa shape index (κ1) is 7.69. The standard InChI is InChI=1S/C7H13NO2/c1-8-6(4-9)2-3-7(8)5-10/h4,6-7,10H,2-3,5H2,1H3/t6?,7-/m1/s1. The summed E-state index contributed by atoms with van der Waals surface area (Å²) in [7, 11) is 1.88. The van der Waals surface area contributed by atoms with E-state index in [9.17, 15) is 4.79 Å². The van der Waals surface area contributed by atoms with Gasteiger partial charge in [-0.05, 0) is 19.9 Å². The molecule has 0 amide bonds. The van der Waals surface area contributed by atoms with E-state index in [4.69, 9.17) is 5.11 Å². The van der Waals surface area contributed by atoms with Crippen LogP contribution in [0.5, 0.6) is 0 Å². The van der Waals surface area contributed by atoms with Crippen LogP contribution in [0.3, 0.4) is 0 Å². The minimum absolute atomic E-state index is 0.0390.